The second-order valence-electron chi connectivity index (χ2n) is 3.80. The number of ether oxygens (including phenoxy) is 1. The van der Waals surface area contributed by atoms with E-state index in [9.17, 15) is 13.2 Å². The molecular weight excluding hydrogens is 223 g/mol. The second kappa shape index (κ2) is 4.40. The van der Waals surface area contributed by atoms with Crippen LogP contribution in [-0.2, 0) is 11.2 Å². The van der Waals surface area contributed by atoms with Crippen LogP contribution < -0.4 is 0 Å². The van der Waals surface area contributed by atoms with Crippen molar-refractivity contribution >= 4 is 0 Å². The van der Waals surface area contributed by atoms with Gasteiger partial charge >= 0.3 is 6.18 Å². The molecular formula is C9H12F3N3O. The molecule has 0 amide bonds. The predicted molar refractivity (Wildman–Crippen MR) is 48.9 cm³/mol. The van der Waals surface area contributed by atoms with Crippen LogP contribution >= 0.6 is 0 Å². The summed E-state index contributed by atoms with van der Waals surface area (Å²) in [7, 11) is 0. The van der Waals surface area contributed by atoms with Crippen molar-refractivity contribution in [2.24, 2.45) is 0 Å². The maximum Gasteiger partial charge on any atom is 0.411 e. The average Bonchev–Trinajstić information content (AvgIpc) is 2.92. The summed E-state index contributed by atoms with van der Waals surface area (Å²) in [4.78, 5) is 0. The zero-order valence-corrected chi connectivity index (χ0v) is 8.57. The molecule has 7 heteroatoms. The first-order valence-electron chi connectivity index (χ1n) is 5.09. The van der Waals surface area contributed by atoms with Gasteiger partial charge in [-0.1, -0.05) is 0 Å². The average molecular weight is 235 g/mol. The Kier molecular flexibility index (Phi) is 3.13. The van der Waals surface area contributed by atoms with Gasteiger partial charge in [-0.15, -0.1) is 10.2 Å². The normalized spacial score (nSPS) is 16.7. The molecule has 4 nitrogen and oxygen atoms in total. The van der Waals surface area contributed by atoms with E-state index in [4.69, 9.17) is 0 Å². The van der Waals surface area contributed by atoms with E-state index in [-0.39, 0.29) is 6.61 Å². The van der Waals surface area contributed by atoms with Crippen LogP contribution in [0.1, 0.15) is 24.7 Å². The van der Waals surface area contributed by atoms with Gasteiger partial charge < -0.3 is 9.30 Å². The fourth-order valence-corrected chi connectivity index (χ4v) is 1.45. The lowest BCUT2D eigenvalue weighted by Crippen LogP contribution is -2.18. The molecule has 1 saturated carbocycles. The van der Waals surface area contributed by atoms with Crippen molar-refractivity contribution in [2.75, 3.05) is 13.2 Å². The smallest absolute Gasteiger partial charge is 0.372 e. The largest absolute Gasteiger partial charge is 0.411 e. The minimum atomic E-state index is -4.26. The van der Waals surface area contributed by atoms with Crippen LogP contribution in [0.4, 0.5) is 13.2 Å². The molecule has 16 heavy (non-hydrogen) atoms. The summed E-state index contributed by atoms with van der Waals surface area (Å²) in [5, 5.41) is 7.61. The van der Waals surface area contributed by atoms with Crippen LogP contribution in [0, 0.1) is 0 Å². The summed E-state index contributed by atoms with van der Waals surface area (Å²) in [5.74, 6) is 0.699. The number of aromatic nitrogens is 3. The fourth-order valence-electron chi connectivity index (χ4n) is 1.45. The Balaban J connectivity index is 1.74. The monoisotopic (exact) mass is 235 g/mol. The van der Waals surface area contributed by atoms with Crippen LogP contribution in [0.5, 0.6) is 0 Å². The first-order valence-corrected chi connectivity index (χ1v) is 5.09. The van der Waals surface area contributed by atoms with E-state index in [1.807, 2.05) is 4.57 Å². The number of nitrogens with zero attached hydrogens (tertiary/aromatic N) is 3. The highest BCUT2D eigenvalue weighted by molar-refractivity contribution is 4.94. The molecule has 0 radical (unpaired) electrons. The van der Waals surface area contributed by atoms with Gasteiger partial charge in [-0.05, 0) is 12.8 Å². The van der Waals surface area contributed by atoms with E-state index in [1.54, 1.807) is 6.33 Å². The van der Waals surface area contributed by atoms with E-state index in [2.05, 4.69) is 14.9 Å². The zero-order valence-electron chi connectivity index (χ0n) is 8.57. The number of hydrogen-bond donors (Lipinski definition) is 0. The zero-order chi connectivity index (χ0) is 11.6. The van der Waals surface area contributed by atoms with Gasteiger partial charge in [-0.2, -0.15) is 13.2 Å². The highest BCUT2D eigenvalue weighted by Crippen LogP contribution is 2.35. The number of rotatable bonds is 5. The molecule has 0 saturated heterocycles. The van der Waals surface area contributed by atoms with Crippen molar-refractivity contribution in [3.63, 3.8) is 0 Å². The maximum atomic E-state index is 11.8. The van der Waals surface area contributed by atoms with Crippen LogP contribution in [0.25, 0.3) is 0 Å². The topological polar surface area (TPSA) is 39.9 Å². The number of alkyl halides is 3. The van der Waals surface area contributed by atoms with Crippen LogP contribution in [0.3, 0.4) is 0 Å². The van der Waals surface area contributed by atoms with Gasteiger partial charge in [0.15, 0.2) is 0 Å². The quantitative estimate of drug-likeness (QED) is 0.730. The minimum absolute atomic E-state index is 0.0188. The SMILES string of the molecule is FC(F)(F)COCCc1nncn1C1CC1. The van der Waals surface area contributed by atoms with Crippen molar-refractivity contribution in [1.82, 2.24) is 14.8 Å². The van der Waals surface area contributed by atoms with Gasteiger partial charge in [0.1, 0.15) is 18.8 Å². The highest BCUT2D eigenvalue weighted by Gasteiger charge is 2.28. The summed E-state index contributed by atoms with van der Waals surface area (Å²) >= 11 is 0. The molecule has 1 aromatic heterocycles. The summed E-state index contributed by atoms with van der Waals surface area (Å²) in [6.45, 7) is -1.19. The third kappa shape index (κ3) is 3.19. The van der Waals surface area contributed by atoms with Crippen molar-refractivity contribution in [3.8, 4) is 0 Å². The molecule has 90 valence electrons. The predicted octanol–water partition coefficient (Wildman–Crippen LogP) is 1.73. The van der Waals surface area contributed by atoms with E-state index < -0.39 is 12.8 Å². The molecule has 0 N–H and O–H groups in total. The Hall–Kier alpha value is -1.11. The number of hydrogen-bond acceptors (Lipinski definition) is 3. The molecule has 0 aromatic carbocycles. The van der Waals surface area contributed by atoms with Crippen LogP contribution in [-0.4, -0.2) is 34.2 Å². The third-order valence-electron chi connectivity index (χ3n) is 2.32. The molecule has 1 aliphatic carbocycles. The second-order valence-corrected chi connectivity index (χ2v) is 3.80. The lowest BCUT2D eigenvalue weighted by Gasteiger charge is -2.07. The standard InChI is InChI=1S/C9H12F3N3O/c10-9(11,12)5-16-4-3-8-14-13-6-15(8)7-1-2-7/h6-7H,1-5H2. The van der Waals surface area contributed by atoms with Gasteiger partial charge in [0.25, 0.3) is 0 Å². The molecule has 0 spiro atoms. The maximum absolute atomic E-state index is 11.8. The van der Waals surface area contributed by atoms with Crippen molar-refractivity contribution in [2.45, 2.75) is 31.5 Å². The highest BCUT2D eigenvalue weighted by atomic mass is 19.4. The van der Waals surface area contributed by atoms with E-state index in [0.717, 1.165) is 12.8 Å². The van der Waals surface area contributed by atoms with Crippen LogP contribution in [0.15, 0.2) is 6.33 Å². The molecule has 1 heterocycles. The Morgan fingerprint density at radius 1 is 1.44 bits per heavy atom. The van der Waals surface area contributed by atoms with Crippen LogP contribution in [0.2, 0.25) is 0 Å². The number of halogens is 3. The van der Waals surface area contributed by atoms with Gasteiger partial charge in [0, 0.05) is 12.5 Å². The van der Waals surface area contributed by atoms with Crippen molar-refractivity contribution < 1.29 is 17.9 Å². The minimum Gasteiger partial charge on any atom is -0.372 e. The summed E-state index contributed by atoms with van der Waals surface area (Å²) in [5.41, 5.74) is 0. The third-order valence-corrected chi connectivity index (χ3v) is 2.32. The van der Waals surface area contributed by atoms with E-state index in [0.29, 0.717) is 18.3 Å². The molecule has 1 fully saturated rings. The molecule has 0 atom stereocenters. The summed E-state index contributed by atoms with van der Waals surface area (Å²) in [6, 6.07) is 0.438. The van der Waals surface area contributed by atoms with Gasteiger partial charge in [-0.25, -0.2) is 0 Å². The summed E-state index contributed by atoms with van der Waals surface area (Å²) in [6.07, 6.45) is -0.0869. The van der Waals surface area contributed by atoms with E-state index in [1.165, 1.54) is 0 Å². The fraction of sp³-hybridized carbons (Fsp3) is 0.778. The lowest BCUT2D eigenvalue weighted by molar-refractivity contribution is -0.173. The first kappa shape index (κ1) is 11.4. The molecule has 0 bridgehead atoms. The Labute approximate surface area is 90.4 Å². The molecule has 0 aliphatic heterocycles. The molecule has 1 aromatic rings. The van der Waals surface area contributed by atoms with Gasteiger partial charge in [-0.3, -0.25) is 0 Å². The lowest BCUT2D eigenvalue weighted by atomic mass is 10.4. The molecule has 1 aliphatic rings. The van der Waals surface area contributed by atoms with Gasteiger partial charge in [0.05, 0.1) is 6.61 Å². The Morgan fingerprint density at radius 3 is 2.81 bits per heavy atom. The molecule has 2 rings (SSSR count). The van der Waals surface area contributed by atoms with E-state index >= 15 is 0 Å². The Bertz CT molecular complexity index is 346. The summed E-state index contributed by atoms with van der Waals surface area (Å²) < 4.78 is 41.8. The van der Waals surface area contributed by atoms with Gasteiger partial charge in [0.2, 0.25) is 0 Å². The van der Waals surface area contributed by atoms with Crippen molar-refractivity contribution in [3.05, 3.63) is 12.2 Å². The Morgan fingerprint density at radius 2 is 2.19 bits per heavy atom. The van der Waals surface area contributed by atoms with Crippen molar-refractivity contribution in [1.29, 1.82) is 0 Å². The molecule has 0 unspecified atom stereocenters. The first-order chi connectivity index (χ1) is 7.56.